The molecule has 9 atom stereocenters. The van der Waals surface area contributed by atoms with Crippen molar-refractivity contribution in [3.8, 4) is 23.0 Å². The van der Waals surface area contributed by atoms with Crippen LogP contribution in [0.4, 0.5) is 5.69 Å². The Kier molecular flexibility index (Phi) is 14.0. The van der Waals surface area contributed by atoms with Crippen molar-refractivity contribution in [1.29, 1.82) is 0 Å². The fourth-order valence-corrected chi connectivity index (χ4v) is 8.21. The first-order valence-corrected chi connectivity index (χ1v) is 20.1. The molecule has 1 saturated carbocycles. The molecule has 15 heteroatoms. The Morgan fingerprint density at radius 2 is 1.61 bits per heavy atom. The van der Waals surface area contributed by atoms with Crippen LogP contribution >= 0.6 is 0 Å². The number of nitrogens with zero attached hydrogens (tertiary/aromatic N) is 1. The van der Waals surface area contributed by atoms with Gasteiger partial charge >= 0.3 is 11.8 Å². The summed E-state index contributed by atoms with van der Waals surface area (Å²) in [5.41, 5.74) is -0.511. The molecule has 2 aromatic carbocycles. The Hall–Kier alpha value is -5.12. The van der Waals surface area contributed by atoms with Gasteiger partial charge in [-0.25, -0.2) is 0 Å². The minimum Gasteiger partial charge on any atom is -0.507 e. The van der Waals surface area contributed by atoms with Gasteiger partial charge in [0.05, 0.1) is 53.0 Å². The number of rotatable bonds is 5. The highest BCUT2D eigenvalue weighted by molar-refractivity contribution is 6.23. The van der Waals surface area contributed by atoms with Crippen molar-refractivity contribution in [2.75, 3.05) is 12.4 Å². The van der Waals surface area contributed by atoms with Gasteiger partial charge in [-0.1, -0.05) is 57.5 Å². The lowest BCUT2D eigenvalue weighted by Crippen LogP contribution is -2.46. The lowest BCUT2D eigenvalue weighted by Gasteiger charge is -2.38. The van der Waals surface area contributed by atoms with Gasteiger partial charge in [-0.05, 0) is 45.6 Å². The molecule has 1 amide bonds. The number of anilines is 1. The van der Waals surface area contributed by atoms with E-state index in [4.69, 9.17) is 23.8 Å². The van der Waals surface area contributed by atoms with Crippen LogP contribution in [0.1, 0.15) is 102 Å². The summed E-state index contributed by atoms with van der Waals surface area (Å²) in [6.45, 7) is 12.5. The Morgan fingerprint density at radius 1 is 0.932 bits per heavy atom. The fraction of sp³-hybridized carbons (Fsp3) is 0.545. The third kappa shape index (κ3) is 9.07. The number of fused-ring (bicyclic) bond motifs is 14. The van der Waals surface area contributed by atoms with Crippen molar-refractivity contribution in [2.24, 2.45) is 28.8 Å². The molecule has 59 heavy (non-hydrogen) atoms. The first kappa shape index (κ1) is 45.0. The number of Topliss-reactive ketones (excluding diaryl/α,β-unsaturated/α-hetero) is 1. The molecule has 4 aliphatic rings. The summed E-state index contributed by atoms with van der Waals surface area (Å²) >= 11 is 0. The summed E-state index contributed by atoms with van der Waals surface area (Å²) in [7, 11) is 1.43. The van der Waals surface area contributed by atoms with Gasteiger partial charge in [0.15, 0.2) is 5.75 Å². The number of allylic oxidation sites excluding steroid dienone is 2. The monoisotopic (exact) mass is 822 g/mol. The van der Waals surface area contributed by atoms with E-state index < -0.39 is 88.8 Å². The van der Waals surface area contributed by atoms with Gasteiger partial charge in [-0.15, -0.1) is 0 Å². The number of aliphatic hydroxyl groups excluding tert-OH is 2. The molecule has 1 aliphatic carbocycles. The summed E-state index contributed by atoms with van der Waals surface area (Å²) in [6, 6.07) is 0. The zero-order valence-corrected chi connectivity index (χ0v) is 35.1. The Balaban J connectivity index is 1.69. The number of phenols is 3. The summed E-state index contributed by atoms with van der Waals surface area (Å²) in [5.74, 6) is -8.50. The molecule has 1 fully saturated rings. The topological polar surface area (TPSA) is 223 Å². The summed E-state index contributed by atoms with van der Waals surface area (Å²) in [4.78, 5) is 46.2. The summed E-state index contributed by atoms with van der Waals surface area (Å²) in [5, 5.41) is 64.4. The molecule has 6 rings (SSSR count). The SMILES string of the molecule is COC1/C=C/OC2(C)Oc3c(C)c(O)c4c(O)c(c(/C=N/OC5CCCCC5)c(O)c4c3C2=O)NC(=O)/C(C)=C\C=C\C(C)C(O)C(C)C(O)C(C)C(OC(C)=O)C1C. The fourth-order valence-electron chi connectivity index (χ4n) is 8.21. The van der Waals surface area contributed by atoms with E-state index in [-0.39, 0.29) is 50.6 Å². The molecule has 0 radical (unpaired) electrons. The molecule has 0 aromatic heterocycles. The summed E-state index contributed by atoms with van der Waals surface area (Å²) in [6.07, 6.45) is 9.03. The van der Waals surface area contributed by atoms with E-state index in [9.17, 15) is 39.9 Å². The van der Waals surface area contributed by atoms with Crippen molar-refractivity contribution in [3.05, 3.63) is 52.8 Å². The highest BCUT2D eigenvalue weighted by Gasteiger charge is 2.50. The van der Waals surface area contributed by atoms with E-state index in [1.807, 2.05) is 0 Å². The molecule has 15 nitrogen and oxygen atoms in total. The number of carbonyl (C=O) groups excluding carboxylic acids is 3. The molecule has 0 spiro atoms. The number of nitrogens with one attached hydrogen (secondary N) is 1. The quantitative estimate of drug-likeness (QED) is 0.0629. The average molecular weight is 823 g/mol. The number of methoxy groups -OCH3 is 1. The number of ketones is 1. The Labute approximate surface area is 344 Å². The van der Waals surface area contributed by atoms with Crippen molar-refractivity contribution in [1.82, 2.24) is 0 Å². The number of phenolic OH excluding ortho intramolecular Hbond substituents is 3. The number of carbonyl (C=O) groups is 3. The predicted octanol–water partition coefficient (Wildman–Crippen LogP) is 6.44. The standard InChI is InChI=1S/C44H58N2O13/c1-21-14-13-15-22(2)43(54)46-34-29(20-45-59-28-16-11-10-12-17-28)38(51)31-32(39(34)52)37(50)26(6)41-33(31)42(53)44(8,58-41)56-19-18-30(55-9)23(3)40(57-27(7)47)25(5)36(49)24(4)35(21)48/h13-15,18-21,23-25,28,30,35-36,40,48-52H,10-12,16-17H2,1-9H3,(H,46,54)/b14-13+,19-18+,22-15-,45-20+. The summed E-state index contributed by atoms with van der Waals surface area (Å²) < 4.78 is 23.6. The van der Waals surface area contributed by atoms with Gasteiger partial charge in [0, 0.05) is 61.2 Å². The number of aromatic hydroxyl groups is 3. The third-order valence-corrected chi connectivity index (χ3v) is 12.0. The molecule has 5 bridgehead atoms. The molecule has 322 valence electrons. The van der Waals surface area contributed by atoms with Crippen LogP contribution < -0.4 is 10.1 Å². The second kappa shape index (κ2) is 18.4. The maximum atomic E-state index is 14.4. The van der Waals surface area contributed by atoms with Crippen LogP contribution in [0, 0.1) is 30.6 Å². The van der Waals surface area contributed by atoms with Crippen molar-refractivity contribution >= 4 is 40.3 Å². The lowest BCUT2D eigenvalue weighted by atomic mass is 9.78. The number of hydrogen-bond donors (Lipinski definition) is 6. The number of benzene rings is 2. The van der Waals surface area contributed by atoms with Crippen LogP contribution in [0.3, 0.4) is 0 Å². The van der Waals surface area contributed by atoms with Crippen LogP contribution in [0.5, 0.6) is 23.0 Å². The Bertz CT molecular complexity index is 2050. The van der Waals surface area contributed by atoms with E-state index >= 15 is 0 Å². The van der Waals surface area contributed by atoms with E-state index in [1.165, 1.54) is 53.2 Å². The van der Waals surface area contributed by atoms with Crippen LogP contribution in [0.25, 0.3) is 10.8 Å². The second-order valence-corrected chi connectivity index (χ2v) is 16.2. The highest BCUT2D eigenvalue weighted by Crippen LogP contribution is 2.55. The van der Waals surface area contributed by atoms with Gasteiger partial charge in [0.1, 0.15) is 29.5 Å². The largest absolute Gasteiger partial charge is 0.507 e. The number of aliphatic hydroxyl groups is 2. The second-order valence-electron chi connectivity index (χ2n) is 16.2. The smallest absolute Gasteiger partial charge is 0.312 e. The average Bonchev–Trinajstić information content (AvgIpc) is 3.47. The number of ether oxygens (including phenoxy) is 4. The molecule has 6 N–H and O–H groups in total. The first-order valence-electron chi connectivity index (χ1n) is 20.1. The molecule has 3 heterocycles. The molecule has 2 aromatic rings. The lowest BCUT2D eigenvalue weighted by molar-refractivity contribution is -0.160. The zero-order chi connectivity index (χ0) is 43.5. The van der Waals surface area contributed by atoms with E-state index in [2.05, 4.69) is 10.5 Å². The molecule has 9 unspecified atom stereocenters. The maximum absolute atomic E-state index is 14.4. The van der Waals surface area contributed by atoms with Gasteiger partial charge in [0.25, 0.3) is 11.7 Å². The number of oxime groups is 1. The Morgan fingerprint density at radius 3 is 2.25 bits per heavy atom. The minimum atomic E-state index is -2.05. The third-order valence-electron chi connectivity index (χ3n) is 12.0. The van der Waals surface area contributed by atoms with Gasteiger partial charge < -0.3 is 54.6 Å². The number of amides is 1. The normalized spacial score (nSPS) is 31.9. The van der Waals surface area contributed by atoms with Crippen LogP contribution in [-0.2, 0) is 28.6 Å². The minimum absolute atomic E-state index is 0.0450. The van der Waals surface area contributed by atoms with Gasteiger partial charge in [-0.3, -0.25) is 14.4 Å². The molecule has 0 saturated heterocycles. The number of esters is 1. The number of hydrogen-bond acceptors (Lipinski definition) is 14. The van der Waals surface area contributed by atoms with Crippen LogP contribution in [-0.4, -0.2) is 92.8 Å². The van der Waals surface area contributed by atoms with E-state index in [0.29, 0.717) is 0 Å². The highest BCUT2D eigenvalue weighted by atomic mass is 16.7. The maximum Gasteiger partial charge on any atom is 0.312 e. The van der Waals surface area contributed by atoms with Crippen molar-refractivity contribution < 1.29 is 63.7 Å². The predicted molar refractivity (Wildman–Crippen MR) is 219 cm³/mol. The van der Waals surface area contributed by atoms with Crippen molar-refractivity contribution in [2.45, 2.75) is 124 Å². The van der Waals surface area contributed by atoms with Crippen LogP contribution in [0.2, 0.25) is 0 Å². The molecular formula is C44H58N2O13. The van der Waals surface area contributed by atoms with Gasteiger partial charge in [0.2, 0.25) is 0 Å². The first-order chi connectivity index (χ1) is 27.8. The molecular weight excluding hydrogens is 764 g/mol. The van der Waals surface area contributed by atoms with Crippen molar-refractivity contribution in [3.63, 3.8) is 0 Å². The molecule has 3 aliphatic heterocycles. The zero-order valence-electron chi connectivity index (χ0n) is 35.1. The van der Waals surface area contributed by atoms with E-state index in [1.54, 1.807) is 39.8 Å². The van der Waals surface area contributed by atoms with Crippen LogP contribution in [0.15, 0.2) is 41.3 Å². The van der Waals surface area contributed by atoms with Gasteiger partial charge in [-0.2, -0.15) is 0 Å². The van der Waals surface area contributed by atoms with E-state index in [0.717, 1.165) is 38.3 Å².